The lowest BCUT2D eigenvalue weighted by molar-refractivity contribution is -0.120. The molecule has 1 atom stereocenters. The summed E-state index contributed by atoms with van der Waals surface area (Å²) in [5.74, 6) is -0.327. The lowest BCUT2D eigenvalue weighted by Gasteiger charge is -1.99. The summed E-state index contributed by atoms with van der Waals surface area (Å²) in [6.07, 6.45) is 1.47. The molecule has 0 aromatic rings. The molecular weight excluding hydrogens is 168 g/mol. The highest BCUT2D eigenvalue weighted by Gasteiger charge is 2.18. The van der Waals surface area contributed by atoms with Crippen LogP contribution in [0.2, 0.25) is 0 Å². The summed E-state index contributed by atoms with van der Waals surface area (Å²) >= 11 is 0. The number of carbonyl (C=O) groups excluding carboxylic acids is 1. The van der Waals surface area contributed by atoms with Crippen molar-refractivity contribution < 1.29 is 4.79 Å². The molecule has 1 N–H and O–H groups in total. The Morgan fingerprint density at radius 1 is 1.69 bits per heavy atom. The van der Waals surface area contributed by atoms with Gasteiger partial charge >= 0.3 is 6.04 Å². The number of nitrogens with one attached hydrogen (secondary N) is 1. The zero-order valence-corrected chi connectivity index (χ0v) is 7.66. The minimum absolute atomic E-state index is 0.149. The maximum absolute atomic E-state index is 10.8. The molecule has 0 aromatic heterocycles. The van der Waals surface area contributed by atoms with Crippen LogP contribution in [-0.2, 0) is 4.79 Å². The van der Waals surface area contributed by atoms with E-state index >= 15 is 0 Å². The Bertz CT molecular complexity index is 238. The zero-order chi connectivity index (χ0) is 10.1. The molecule has 0 radical (unpaired) electrons. The second-order valence-corrected chi connectivity index (χ2v) is 2.70. The average molecular weight is 181 g/mol. The molecule has 1 unspecified atom stereocenters. The summed E-state index contributed by atoms with van der Waals surface area (Å²) in [4.78, 5) is 13.9. The number of nitrogens with zero attached hydrogens (tertiary/aromatic N) is 3. The smallest absolute Gasteiger partial charge is 0.331 e. The Hall–Kier alpha value is -1.62. The molecule has 0 aliphatic heterocycles. The molecule has 5 heteroatoms. The maximum atomic E-state index is 10.8. The van der Waals surface area contributed by atoms with E-state index in [1.165, 1.54) is 0 Å². The van der Waals surface area contributed by atoms with Crippen molar-refractivity contribution in [2.75, 3.05) is 6.54 Å². The Morgan fingerprint density at radius 2 is 2.38 bits per heavy atom. The Balaban J connectivity index is 3.68. The molecule has 0 bridgehead atoms. The predicted octanol–water partition coefficient (Wildman–Crippen LogP) is 1.04. The van der Waals surface area contributed by atoms with Gasteiger partial charge < -0.3 is 5.32 Å². The monoisotopic (exact) mass is 181 g/mol. The third-order valence-corrected chi connectivity index (χ3v) is 1.56. The van der Waals surface area contributed by atoms with Gasteiger partial charge in [0.1, 0.15) is 17.9 Å². The summed E-state index contributed by atoms with van der Waals surface area (Å²) in [5.41, 5.74) is 0. The highest BCUT2D eigenvalue weighted by molar-refractivity contribution is 5.77. The molecule has 13 heavy (non-hydrogen) atoms. The Labute approximate surface area is 77.4 Å². The standard InChI is InChI=1S/C8H12N4O/c1-2-3-7(12-10)6-11-8(13)4-5-9/h7H,2-4,6H2,1H3/p+1. The van der Waals surface area contributed by atoms with Crippen LogP contribution in [0.1, 0.15) is 26.2 Å². The molecule has 0 heterocycles. The molecule has 0 aromatic carbocycles. The van der Waals surface area contributed by atoms with Gasteiger partial charge in [-0.05, 0) is 6.42 Å². The van der Waals surface area contributed by atoms with Crippen LogP contribution in [0.4, 0.5) is 0 Å². The topological polar surface area (TPSA) is 81.0 Å². The van der Waals surface area contributed by atoms with Gasteiger partial charge in [0.05, 0.1) is 6.07 Å². The van der Waals surface area contributed by atoms with E-state index in [1.807, 2.05) is 6.92 Å². The van der Waals surface area contributed by atoms with Crippen molar-refractivity contribution in [2.24, 2.45) is 0 Å². The molecule has 0 aliphatic carbocycles. The highest BCUT2D eigenvalue weighted by atomic mass is 16.1. The van der Waals surface area contributed by atoms with Gasteiger partial charge in [0.15, 0.2) is 0 Å². The zero-order valence-electron chi connectivity index (χ0n) is 7.66. The number of hydrogen-bond donors (Lipinski definition) is 1. The average Bonchev–Trinajstić information content (AvgIpc) is 2.12. The van der Waals surface area contributed by atoms with Crippen molar-refractivity contribution in [3.63, 3.8) is 0 Å². The van der Waals surface area contributed by atoms with E-state index in [-0.39, 0.29) is 18.4 Å². The lowest BCUT2D eigenvalue weighted by Crippen LogP contribution is -2.30. The van der Waals surface area contributed by atoms with E-state index in [0.717, 1.165) is 12.8 Å². The number of carbonyl (C=O) groups is 1. The summed E-state index contributed by atoms with van der Waals surface area (Å²) < 4.78 is 0. The van der Waals surface area contributed by atoms with Crippen LogP contribution >= 0.6 is 0 Å². The number of hydrogen-bond acceptors (Lipinski definition) is 3. The van der Waals surface area contributed by atoms with E-state index in [0.29, 0.717) is 6.54 Å². The van der Waals surface area contributed by atoms with Crippen molar-refractivity contribution in [1.29, 1.82) is 10.7 Å². The third-order valence-electron chi connectivity index (χ3n) is 1.56. The van der Waals surface area contributed by atoms with Gasteiger partial charge in [0.25, 0.3) is 0 Å². The molecule has 0 rings (SSSR count). The Kier molecular flexibility index (Phi) is 6.17. The largest absolute Gasteiger partial charge is 0.347 e. The van der Waals surface area contributed by atoms with Crippen molar-refractivity contribution in [1.82, 2.24) is 5.32 Å². The van der Waals surface area contributed by atoms with E-state index in [9.17, 15) is 4.79 Å². The molecule has 70 valence electrons. The van der Waals surface area contributed by atoms with Crippen molar-refractivity contribution >= 4 is 5.91 Å². The van der Waals surface area contributed by atoms with Crippen molar-refractivity contribution in [3.05, 3.63) is 4.98 Å². The van der Waals surface area contributed by atoms with Crippen molar-refractivity contribution in [2.45, 2.75) is 32.2 Å². The number of nitriles is 1. The fraction of sp³-hybridized carbons (Fsp3) is 0.750. The normalized spacial score (nSPS) is 11.0. The van der Waals surface area contributed by atoms with Crippen LogP contribution in [0, 0.1) is 16.7 Å². The first-order chi connectivity index (χ1) is 6.24. The minimum Gasteiger partial charge on any atom is -0.347 e. The van der Waals surface area contributed by atoms with Gasteiger partial charge in [0.2, 0.25) is 11.3 Å². The predicted molar refractivity (Wildman–Crippen MR) is 47.0 cm³/mol. The lowest BCUT2D eigenvalue weighted by atomic mass is 10.2. The number of rotatable bonds is 5. The first-order valence-corrected chi connectivity index (χ1v) is 4.22. The molecule has 5 nitrogen and oxygen atoms in total. The second-order valence-electron chi connectivity index (χ2n) is 2.70. The van der Waals surface area contributed by atoms with Crippen LogP contribution < -0.4 is 5.32 Å². The summed E-state index contributed by atoms with van der Waals surface area (Å²) in [6, 6.07) is 1.48. The minimum atomic E-state index is -0.327. The summed E-state index contributed by atoms with van der Waals surface area (Å²) in [5, 5.41) is 19.2. The molecule has 0 saturated heterocycles. The van der Waals surface area contributed by atoms with Crippen LogP contribution in [0.5, 0.6) is 0 Å². The van der Waals surface area contributed by atoms with Gasteiger partial charge in [-0.15, -0.1) is 0 Å². The third kappa shape index (κ3) is 5.63. The quantitative estimate of drug-likeness (QED) is 0.643. The van der Waals surface area contributed by atoms with Gasteiger partial charge in [-0.1, -0.05) is 6.92 Å². The van der Waals surface area contributed by atoms with Crippen LogP contribution in [-0.4, -0.2) is 18.5 Å². The van der Waals surface area contributed by atoms with Gasteiger partial charge in [-0.25, -0.2) is 0 Å². The van der Waals surface area contributed by atoms with Crippen LogP contribution in [0.15, 0.2) is 0 Å². The SMILES string of the molecule is CCCC(CNC(=O)CC#N)[N+]#N. The molecule has 1 amide bonds. The first kappa shape index (κ1) is 11.4. The van der Waals surface area contributed by atoms with Gasteiger partial charge in [-0.3, -0.25) is 4.79 Å². The molecule has 0 aliphatic rings. The van der Waals surface area contributed by atoms with E-state index in [2.05, 4.69) is 10.3 Å². The molecule has 0 saturated carbocycles. The number of diazo groups is 1. The number of amides is 1. The maximum Gasteiger partial charge on any atom is 0.331 e. The van der Waals surface area contributed by atoms with Crippen LogP contribution in [0.25, 0.3) is 4.98 Å². The molecular formula is C8H13N4O+. The Morgan fingerprint density at radius 3 is 2.85 bits per heavy atom. The van der Waals surface area contributed by atoms with E-state index in [4.69, 9.17) is 10.7 Å². The summed E-state index contributed by atoms with van der Waals surface area (Å²) in [7, 11) is 0. The van der Waals surface area contributed by atoms with Crippen LogP contribution in [0.3, 0.4) is 0 Å². The second kappa shape index (κ2) is 7.05. The molecule has 0 fully saturated rings. The molecule has 0 spiro atoms. The highest BCUT2D eigenvalue weighted by Crippen LogP contribution is 1.99. The van der Waals surface area contributed by atoms with E-state index in [1.54, 1.807) is 6.07 Å². The fourth-order valence-corrected chi connectivity index (χ4v) is 0.900. The van der Waals surface area contributed by atoms with Crippen molar-refractivity contribution in [3.8, 4) is 6.07 Å². The first-order valence-electron chi connectivity index (χ1n) is 4.22. The fourth-order valence-electron chi connectivity index (χ4n) is 0.900. The summed E-state index contributed by atoms with van der Waals surface area (Å²) in [6.45, 7) is 2.26. The van der Waals surface area contributed by atoms with E-state index < -0.39 is 0 Å². The van der Waals surface area contributed by atoms with Gasteiger partial charge in [0, 0.05) is 6.42 Å². The van der Waals surface area contributed by atoms with Gasteiger partial charge in [-0.2, -0.15) is 5.26 Å².